The van der Waals surface area contributed by atoms with E-state index in [1.807, 2.05) is 13.0 Å². The van der Waals surface area contributed by atoms with Gasteiger partial charge in [0.15, 0.2) is 0 Å². The molecule has 1 aromatic rings. The van der Waals surface area contributed by atoms with E-state index in [9.17, 15) is 22.8 Å². The largest absolute Gasteiger partial charge is 0.389 e. The average Bonchev–Trinajstić information content (AvgIpc) is 3.19. The number of rotatable bonds is 5. The number of amides is 2. The third-order valence-electron chi connectivity index (χ3n) is 5.53. The Bertz CT molecular complexity index is 909. The van der Waals surface area contributed by atoms with Gasteiger partial charge in [-0.3, -0.25) is 20.0 Å². The first-order valence-electron chi connectivity index (χ1n) is 9.30. The minimum Gasteiger partial charge on any atom is -0.336 e. The van der Waals surface area contributed by atoms with Crippen LogP contribution in [0.5, 0.6) is 0 Å². The van der Waals surface area contributed by atoms with Crippen LogP contribution < -0.4 is 5.32 Å². The maximum atomic E-state index is 13.0. The number of pyridine rings is 1. The summed E-state index contributed by atoms with van der Waals surface area (Å²) in [4.78, 5) is 30.1. The second-order valence-electron chi connectivity index (χ2n) is 7.75. The Morgan fingerprint density at radius 3 is 2.59 bits per heavy atom. The molecular weight excluding hydrogens is 385 g/mol. The Balaban J connectivity index is 1.72. The molecule has 1 fully saturated rings. The van der Waals surface area contributed by atoms with Crippen LogP contribution >= 0.6 is 0 Å². The number of nitrogens with one attached hydrogen (secondary N) is 2. The topological polar surface area (TPSA) is 86.2 Å². The predicted molar refractivity (Wildman–Crippen MR) is 100.0 cm³/mol. The molecule has 0 radical (unpaired) electrons. The molecule has 156 valence electrons. The molecule has 0 aromatic carbocycles. The van der Waals surface area contributed by atoms with E-state index in [-0.39, 0.29) is 37.2 Å². The molecule has 0 saturated carbocycles. The van der Waals surface area contributed by atoms with Crippen molar-refractivity contribution >= 4 is 17.6 Å². The van der Waals surface area contributed by atoms with Crippen molar-refractivity contribution in [3.05, 3.63) is 40.7 Å². The fourth-order valence-electron chi connectivity index (χ4n) is 3.99. The van der Waals surface area contributed by atoms with E-state index in [0.29, 0.717) is 16.8 Å². The van der Waals surface area contributed by atoms with Gasteiger partial charge >= 0.3 is 6.18 Å². The van der Waals surface area contributed by atoms with Crippen LogP contribution in [0.4, 0.5) is 13.2 Å². The molecular formula is C20H23F3N4O2. The zero-order valence-corrected chi connectivity index (χ0v) is 16.5. The normalized spacial score (nSPS) is 23.4. The molecule has 1 aliphatic heterocycles. The molecule has 9 heteroatoms. The zero-order chi connectivity index (χ0) is 21.6. The summed E-state index contributed by atoms with van der Waals surface area (Å²) >= 11 is 0. The van der Waals surface area contributed by atoms with Gasteiger partial charge in [0.2, 0.25) is 11.8 Å². The Kier molecular flexibility index (Phi) is 5.27. The van der Waals surface area contributed by atoms with Crippen LogP contribution in [0.25, 0.3) is 0 Å². The summed E-state index contributed by atoms with van der Waals surface area (Å²) < 4.78 is 37.3. The van der Waals surface area contributed by atoms with E-state index in [4.69, 9.17) is 5.41 Å². The number of hydrogen-bond acceptors (Lipinski definition) is 4. The maximum Gasteiger partial charge on any atom is 0.389 e. The van der Waals surface area contributed by atoms with Gasteiger partial charge in [-0.25, -0.2) is 0 Å². The minimum atomic E-state index is -4.23. The van der Waals surface area contributed by atoms with Gasteiger partial charge < -0.3 is 10.2 Å². The van der Waals surface area contributed by atoms with E-state index in [1.54, 1.807) is 17.9 Å². The summed E-state index contributed by atoms with van der Waals surface area (Å²) in [5, 5.41) is 10.6. The number of alkyl halides is 3. The highest BCUT2D eigenvalue weighted by molar-refractivity contribution is 6.06. The number of carbonyl (C=O) groups is 2. The van der Waals surface area contributed by atoms with E-state index in [0.717, 1.165) is 5.57 Å². The van der Waals surface area contributed by atoms with Gasteiger partial charge in [-0.1, -0.05) is 17.7 Å². The highest BCUT2D eigenvalue weighted by atomic mass is 19.4. The second kappa shape index (κ2) is 7.27. The van der Waals surface area contributed by atoms with Gasteiger partial charge in [-0.05, 0) is 31.4 Å². The molecule has 1 unspecified atom stereocenters. The third-order valence-corrected chi connectivity index (χ3v) is 5.53. The lowest BCUT2D eigenvalue weighted by Crippen LogP contribution is -2.39. The first-order valence-corrected chi connectivity index (χ1v) is 9.30. The van der Waals surface area contributed by atoms with Crippen LogP contribution in [-0.4, -0.2) is 40.3 Å². The third kappa shape index (κ3) is 4.18. The molecule has 2 aliphatic rings. The molecule has 29 heavy (non-hydrogen) atoms. The summed E-state index contributed by atoms with van der Waals surface area (Å²) in [5.74, 6) is -0.935. The van der Waals surface area contributed by atoms with E-state index in [2.05, 4.69) is 10.3 Å². The first-order chi connectivity index (χ1) is 13.4. The van der Waals surface area contributed by atoms with Crippen molar-refractivity contribution in [2.75, 3.05) is 6.54 Å². The lowest BCUT2D eigenvalue weighted by atomic mass is 9.86. The van der Waals surface area contributed by atoms with Crippen molar-refractivity contribution in [1.29, 1.82) is 5.41 Å². The van der Waals surface area contributed by atoms with Crippen LogP contribution in [0.1, 0.15) is 37.1 Å². The summed E-state index contributed by atoms with van der Waals surface area (Å²) in [5.41, 5.74) is 1.79. The number of halogens is 3. The molecule has 2 amide bonds. The van der Waals surface area contributed by atoms with Crippen molar-refractivity contribution in [2.45, 2.75) is 46.3 Å². The number of aryl methyl sites for hydroxylation is 2. The average molecular weight is 408 g/mol. The molecule has 1 aliphatic carbocycles. The fourth-order valence-corrected chi connectivity index (χ4v) is 3.99. The summed E-state index contributed by atoms with van der Waals surface area (Å²) in [6.07, 6.45) is -2.02. The molecule has 2 atom stereocenters. The van der Waals surface area contributed by atoms with Gasteiger partial charge in [0, 0.05) is 38.3 Å². The van der Waals surface area contributed by atoms with Crippen LogP contribution in [-0.2, 0) is 22.6 Å². The Labute approximate surface area is 166 Å². The highest BCUT2D eigenvalue weighted by Gasteiger charge is 2.62. The number of aromatic nitrogens is 1. The standard InChI is InChI=1S/C20H23F3N4O2/c1-11-6-14(8-25-16(11)4-5-20(21,22)23)9-27-10-15(17(24)26-13(3)28)19(18(27)29)7-12(19)2/h6-8,15H,4-5,9-10H2,1-3H3,(H2,24,26,28)/t15?,19-/m1/s1. The molecule has 2 heterocycles. The zero-order valence-electron chi connectivity index (χ0n) is 16.5. The van der Waals surface area contributed by atoms with Crippen molar-refractivity contribution in [3.63, 3.8) is 0 Å². The van der Waals surface area contributed by atoms with Crippen LogP contribution in [0.2, 0.25) is 0 Å². The summed E-state index contributed by atoms with van der Waals surface area (Å²) in [7, 11) is 0. The summed E-state index contributed by atoms with van der Waals surface area (Å²) in [6, 6.07) is 1.75. The lowest BCUT2D eigenvalue weighted by molar-refractivity contribution is -0.134. The van der Waals surface area contributed by atoms with E-state index in [1.165, 1.54) is 13.1 Å². The van der Waals surface area contributed by atoms with Gasteiger partial charge in [0.05, 0.1) is 11.3 Å². The molecule has 2 N–H and O–H groups in total. The number of nitrogens with zero attached hydrogens (tertiary/aromatic N) is 2. The molecule has 3 rings (SSSR count). The number of amidine groups is 1. The smallest absolute Gasteiger partial charge is 0.336 e. The van der Waals surface area contributed by atoms with E-state index >= 15 is 0 Å². The molecule has 0 bridgehead atoms. The second-order valence-corrected chi connectivity index (χ2v) is 7.75. The van der Waals surface area contributed by atoms with Crippen molar-refractivity contribution in [1.82, 2.24) is 15.2 Å². The van der Waals surface area contributed by atoms with Crippen molar-refractivity contribution < 1.29 is 22.8 Å². The molecule has 1 spiro atoms. The van der Waals surface area contributed by atoms with Crippen molar-refractivity contribution in [3.8, 4) is 0 Å². The monoisotopic (exact) mass is 408 g/mol. The Hall–Kier alpha value is -2.71. The number of carbonyl (C=O) groups excluding carboxylic acids is 2. The van der Waals surface area contributed by atoms with Crippen LogP contribution in [0.15, 0.2) is 23.9 Å². The number of likely N-dealkylation sites (tertiary alicyclic amines) is 1. The maximum absolute atomic E-state index is 13.0. The van der Waals surface area contributed by atoms with Crippen LogP contribution in [0.3, 0.4) is 0 Å². The van der Waals surface area contributed by atoms with Crippen LogP contribution in [0, 0.1) is 23.7 Å². The predicted octanol–water partition coefficient (Wildman–Crippen LogP) is 2.90. The van der Waals surface area contributed by atoms with Crippen molar-refractivity contribution in [2.24, 2.45) is 11.3 Å². The Morgan fingerprint density at radius 2 is 2.07 bits per heavy atom. The van der Waals surface area contributed by atoms with Gasteiger partial charge in [0.25, 0.3) is 0 Å². The molecule has 6 nitrogen and oxygen atoms in total. The highest BCUT2D eigenvalue weighted by Crippen LogP contribution is 2.55. The number of hydrogen-bond donors (Lipinski definition) is 2. The fraction of sp³-hybridized carbons (Fsp3) is 0.500. The molecule has 1 saturated heterocycles. The van der Waals surface area contributed by atoms with E-state index < -0.39 is 23.9 Å². The van der Waals surface area contributed by atoms with Gasteiger partial charge in [-0.15, -0.1) is 0 Å². The summed E-state index contributed by atoms with van der Waals surface area (Å²) in [6.45, 7) is 5.38. The minimum absolute atomic E-state index is 0.0123. The molecule has 1 aromatic heterocycles. The SMILES string of the molecule is CC(=O)NC(=N)C1CN(Cc2cnc(CCC(F)(F)F)c(C)c2)C(=O)[C@@]12C=C2C. The van der Waals surface area contributed by atoms with Gasteiger partial charge in [0.1, 0.15) is 5.84 Å². The Morgan fingerprint density at radius 1 is 1.41 bits per heavy atom. The lowest BCUT2D eigenvalue weighted by Gasteiger charge is -2.18. The quantitative estimate of drug-likeness (QED) is 0.446. The first kappa shape index (κ1) is 21.0. The van der Waals surface area contributed by atoms with Gasteiger partial charge in [-0.2, -0.15) is 13.2 Å².